The molecule has 3 nitrogen and oxygen atoms in total. The average Bonchev–Trinajstić information content (AvgIpc) is 2.53. The number of ether oxygens (including phenoxy) is 2. The van der Waals surface area contributed by atoms with Crippen LogP contribution in [0.2, 0.25) is 0 Å². The number of aromatic nitrogens is 1. The highest BCUT2D eigenvalue weighted by Gasteiger charge is 2.06. The zero-order chi connectivity index (χ0) is 14.4. The summed E-state index contributed by atoms with van der Waals surface area (Å²) in [6.07, 6.45) is 5.38. The van der Waals surface area contributed by atoms with Gasteiger partial charge >= 0.3 is 0 Å². The van der Waals surface area contributed by atoms with Gasteiger partial charge in [-0.05, 0) is 49.4 Å². The van der Waals surface area contributed by atoms with E-state index in [1.807, 2.05) is 49.4 Å². The minimum absolute atomic E-state index is 0.595. The summed E-state index contributed by atoms with van der Waals surface area (Å²) in [4.78, 5) is 4.00. The number of allylic oxidation sites excluding steroid dienone is 1. The van der Waals surface area contributed by atoms with Crippen molar-refractivity contribution in [1.29, 1.82) is 0 Å². The predicted molar refractivity (Wildman–Crippen MR) is 81.0 cm³/mol. The molecular weight excluding hydrogens is 250 g/mol. The van der Waals surface area contributed by atoms with Crippen molar-refractivity contribution in [2.24, 2.45) is 0 Å². The lowest BCUT2D eigenvalue weighted by Crippen LogP contribution is -1.93. The Balaban J connectivity index is 2.13. The fraction of sp³-hybridized carbons (Fsp3) is 0.118. The van der Waals surface area contributed by atoms with Gasteiger partial charge in [0.1, 0.15) is 17.3 Å². The number of methoxy groups -OCH3 is 1. The second kappa shape index (κ2) is 6.57. The fourth-order valence-corrected chi connectivity index (χ4v) is 1.77. The molecule has 2 rings (SSSR count). The van der Waals surface area contributed by atoms with Crippen LogP contribution in [0.4, 0.5) is 0 Å². The molecule has 1 aromatic heterocycles. The molecule has 0 saturated heterocycles. The van der Waals surface area contributed by atoms with Crippen molar-refractivity contribution >= 4 is 11.5 Å². The summed E-state index contributed by atoms with van der Waals surface area (Å²) in [5.74, 6) is 2.16. The number of hydrogen-bond acceptors (Lipinski definition) is 3. The molecule has 0 radical (unpaired) electrons. The third kappa shape index (κ3) is 3.26. The summed E-state index contributed by atoms with van der Waals surface area (Å²) in [5, 5.41) is 0. The van der Waals surface area contributed by atoms with Crippen molar-refractivity contribution in [2.75, 3.05) is 7.11 Å². The van der Waals surface area contributed by atoms with Gasteiger partial charge in [-0.1, -0.05) is 6.58 Å². The third-order valence-electron chi connectivity index (χ3n) is 2.87. The van der Waals surface area contributed by atoms with Crippen LogP contribution in [0.15, 0.2) is 61.4 Å². The quantitative estimate of drug-likeness (QED) is 0.763. The van der Waals surface area contributed by atoms with E-state index in [1.54, 1.807) is 19.5 Å². The minimum atomic E-state index is 0.595. The predicted octanol–water partition coefficient (Wildman–Crippen LogP) is 4.14. The Morgan fingerprint density at radius 1 is 1.05 bits per heavy atom. The van der Waals surface area contributed by atoms with Crippen LogP contribution in [0.25, 0.3) is 11.5 Å². The van der Waals surface area contributed by atoms with Gasteiger partial charge in [-0.25, -0.2) is 0 Å². The van der Waals surface area contributed by atoms with Gasteiger partial charge in [-0.2, -0.15) is 0 Å². The van der Waals surface area contributed by atoms with Gasteiger partial charge in [-0.3, -0.25) is 4.98 Å². The normalized spacial score (nSPS) is 11.0. The van der Waals surface area contributed by atoms with Crippen molar-refractivity contribution in [2.45, 2.75) is 6.92 Å². The van der Waals surface area contributed by atoms with E-state index in [0.717, 1.165) is 22.6 Å². The van der Waals surface area contributed by atoms with E-state index in [-0.39, 0.29) is 0 Å². The van der Waals surface area contributed by atoms with Crippen molar-refractivity contribution in [3.8, 4) is 5.75 Å². The molecule has 0 bridgehead atoms. The lowest BCUT2D eigenvalue weighted by atomic mass is 10.2. The largest absolute Gasteiger partial charge is 0.497 e. The van der Waals surface area contributed by atoms with Crippen molar-refractivity contribution in [1.82, 2.24) is 4.98 Å². The molecule has 0 amide bonds. The topological polar surface area (TPSA) is 31.4 Å². The summed E-state index contributed by atoms with van der Waals surface area (Å²) in [5.41, 5.74) is 1.89. The lowest BCUT2D eigenvalue weighted by Gasteiger charge is -2.12. The molecule has 0 aliphatic carbocycles. The van der Waals surface area contributed by atoms with E-state index in [2.05, 4.69) is 11.6 Å². The van der Waals surface area contributed by atoms with E-state index in [4.69, 9.17) is 9.47 Å². The van der Waals surface area contributed by atoms with Gasteiger partial charge in [0, 0.05) is 23.5 Å². The molecule has 2 aromatic rings. The Kier molecular flexibility index (Phi) is 4.56. The summed E-state index contributed by atoms with van der Waals surface area (Å²) < 4.78 is 11.0. The highest BCUT2D eigenvalue weighted by Crippen LogP contribution is 2.24. The van der Waals surface area contributed by atoms with Crippen LogP contribution in [-0.2, 0) is 4.74 Å². The average molecular weight is 267 g/mol. The summed E-state index contributed by atoms with van der Waals surface area (Å²) in [6.45, 7) is 5.90. The number of pyridine rings is 1. The number of rotatable bonds is 5. The number of benzene rings is 1. The van der Waals surface area contributed by atoms with Crippen LogP contribution < -0.4 is 4.74 Å². The summed E-state index contributed by atoms with van der Waals surface area (Å²) >= 11 is 0. The van der Waals surface area contributed by atoms with Gasteiger partial charge in [0.15, 0.2) is 0 Å². The first-order valence-corrected chi connectivity index (χ1v) is 6.32. The summed E-state index contributed by atoms with van der Waals surface area (Å²) in [7, 11) is 1.64. The first-order chi connectivity index (χ1) is 9.74. The Labute approximate surface area is 119 Å². The molecule has 0 saturated carbocycles. The maximum absolute atomic E-state index is 5.84. The van der Waals surface area contributed by atoms with Crippen LogP contribution in [0.1, 0.15) is 18.1 Å². The van der Waals surface area contributed by atoms with Crippen LogP contribution in [0.3, 0.4) is 0 Å². The highest BCUT2D eigenvalue weighted by molar-refractivity contribution is 5.68. The Morgan fingerprint density at radius 3 is 2.25 bits per heavy atom. The number of hydrogen-bond donors (Lipinski definition) is 0. The Hall–Kier alpha value is -2.55. The Morgan fingerprint density at radius 2 is 1.70 bits per heavy atom. The number of nitrogens with zero attached hydrogens (tertiary/aromatic N) is 1. The molecule has 3 heteroatoms. The molecule has 1 heterocycles. The highest BCUT2D eigenvalue weighted by atomic mass is 16.5. The fourth-order valence-electron chi connectivity index (χ4n) is 1.77. The zero-order valence-corrected chi connectivity index (χ0v) is 11.7. The van der Waals surface area contributed by atoms with Crippen molar-refractivity contribution in [3.63, 3.8) is 0 Å². The maximum atomic E-state index is 5.84. The molecule has 0 N–H and O–H groups in total. The second-order valence-corrected chi connectivity index (χ2v) is 4.14. The first-order valence-electron chi connectivity index (χ1n) is 6.32. The minimum Gasteiger partial charge on any atom is -0.497 e. The zero-order valence-electron chi connectivity index (χ0n) is 11.7. The smallest absolute Gasteiger partial charge is 0.130 e. The van der Waals surface area contributed by atoms with Crippen LogP contribution in [-0.4, -0.2) is 12.1 Å². The van der Waals surface area contributed by atoms with Gasteiger partial charge in [0.2, 0.25) is 0 Å². The van der Waals surface area contributed by atoms with Crippen molar-refractivity contribution in [3.05, 3.63) is 72.6 Å². The van der Waals surface area contributed by atoms with Gasteiger partial charge in [0.05, 0.1) is 7.11 Å². The van der Waals surface area contributed by atoms with E-state index < -0.39 is 0 Å². The van der Waals surface area contributed by atoms with Gasteiger partial charge in [-0.15, -0.1) is 0 Å². The molecule has 0 fully saturated rings. The van der Waals surface area contributed by atoms with Crippen LogP contribution in [0, 0.1) is 0 Å². The Bertz CT molecular complexity index is 601. The molecule has 0 spiro atoms. The van der Waals surface area contributed by atoms with Crippen LogP contribution in [0.5, 0.6) is 5.75 Å². The van der Waals surface area contributed by atoms with Gasteiger partial charge in [0.25, 0.3) is 0 Å². The van der Waals surface area contributed by atoms with Gasteiger partial charge < -0.3 is 9.47 Å². The van der Waals surface area contributed by atoms with Crippen LogP contribution >= 0.6 is 0 Å². The molecule has 1 aromatic carbocycles. The molecule has 20 heavy (non-hydrogen) atoms. The van der Waals surface area contributed by atoms with E-state index in [1.165, 1.54) is 0 Å². The lowest BCUT2D eigenvalue weighted by molar-refractivity contribution is 0.414. The second-order valence-electron chi connectivity index (χ2n) is 4.14. The summed E-state index contributed by atoms with van der Waals surface area (Å²) in [6, 6.07) is 11.4. The standard InChI is InChI=1S/C17H17NO2/c1-4-17(15-9-11-18-12-10-15)20-13(2)14-5-7-16(19-3)8-6-14/h4-12H,2H2,1,3H3/b17-4-. The molecule has 102 valence electrons. The monoisotopic (exact) mass is 267 g/mol. The maximum Gasteiger partial charge on any atom is 0.130 e. The first kappa shape index (κ1) is 13.9. The molecule has 0 atom stereocenters. The molecular formula is C17H17NO2. The SMILES string of the molecule is C=C(O/C(=C\C)c1ccncc1)c1ccc(OC)cc1. The van der Waals surface area contributed by atoms with E-state index >= 15 is 0 Å². The third-order valence-corrected chi connectivity index (χ3v) is 2.87. The molecule has 0 unspecified atom stereocenters. The molecule has 0 aliphatic rings. The van der Waals surface area contributed by atoms with E-state index in [9.17, 15) is 0 Å². The van der Waals surface area contributed by atoms with Crippen molar-refractivity contribution < 1.29 is 9.47 Å². The van der Waals surface area contributed by atoms with E-state index in [0.29, 0.717) is 5.76 Å². The molecule has 0 aliphatic heterocycles.